The van der Waals surface area contributed by atoms with E-state index in [-0.39, 0.29) is 0 Å². The van der Waals surface area contributed by atoms with Crippen molar-refractivity contribution in [3.05, 3.63) is 0 Å². The molecule has 1 saturated carbocycles. The molecule has 2 bridgehead atoms. The lowest BCUT2D eigenvalue weighted by Crippen LogP contribution is -2.40. The molecular weight excluding hydrogens is 138 g/mol. The average Bonchev–Trinajstić information content (AvgIpc) is 2.43. The van der Waals surface area contributed by atoms with Gasteiger partial charge in [0.2, 0.25) is 0 Å². The summed E-state index contributed by atoms with van der Waals surface area (Å²) in [6, 6.07) is 1.21. The molecule has 2 atom stereocenters. The van der Waals surface area contributed by atoms with Crippen LogP contribution in [0.2, 0.25) is 0 Å². The molecule has 2 rings (SSSR count). The minimum absolute atomic E-state index is 0.391. The van der Waals surface area contributed by atoms with E-state index in [2.05, 4.69) is 18.7 Å². The number of ketones is 1. The van der Waals surface area contributed by atoms with Gasteiger partial charge in [0.1, 0.15) is 5.78 Å². The molecule has 0 aromatic heterocycles. The molecule has 0 N–H and O–H groups in total. The Morgan fingerprint density at radius 1 is 1.55 bits per heavy atom. The fourth-order valence-electron chi connectivity index (χ4n) is 2.41. The zero-order chi connectivity index (χ0) is 8.01. The quantitative estimate of drug-likeness (QED) is 0.561. The van der Waals surface area contributed by atoms with E-state index in [1.54, 1.807) is 0 Å². The fraction of sp³-hybridized carbons (Fsp3) is 0.889. The van der Waals surface area contributed by atoms with E-state index in [1.165, 1.54) is 0 Å². The maximum Gasteiger partial charge on any atom is 0.138 e. The van der Waals surface area contributed by atoms with Crippen molar-refractivity contribution in [3.63, 3.8) is 0 Å². The summed E-state index contributed by atoms with van der Waals surface area (Å²) in [6.45, 7) is 5.46. The molecule has 2 heteroatoms. The smallest absolute Gasteiger partial charge is 0.138 e. The highest BCUT2D eigenvalue weighted by molar-refractivity contribution is 5.85. The number of piperidine rings is 1. The summed E-state index contributed by atoms with van der Waals surface area (Å²) in [5.41, 5.74) is 0. The molecule has 11 heavy (non-hydrogen) atoms. The lowest BCUT2D eigenvalue weighted by atomic mass is 10.1. The Labute approximate surface area is 67.6 Å². The van der Waals surface area contributed by atoms with Crippen LogP contribution in [0, 0.1) is 5.92 Å². The van der Waals surface area contributed by atoms with Crippen LogP contribution in [0.25, 0.3) is 0 Å². The van der Waals surface area contributed by atoms with Crippen LogP contribution in [0.3, 0.4) is 0 Å². The third-order valence-electron chi connectivity index (χ3n) is 3.01. The van der Waals surface area contributed by atoms with Crippen molar-refractivity contribution in [2.75, 3.05) is 6.54 Å². The second-order valence-corrected chi connectivity index (χ2v) is 4.05. The summed E-state index contributed by atoms with van der Waals surface area (Å²) in [5, 5.41) is 0. The highest BCUT2D eigenvalue weighted by Crippen LogP contribution is 2.35. The van der Waals surface area contributed by atoms with Gasteiger partial charge in [-0.05, 0) is 20.3 Å². The molecule has 2 nitrogen and oxygen atoms in total. The summed E-state index contributed by atoms with van der Waals surface area (Å²) >= 11 is 0. The number of carbonyl (C=O) groups excluding carboxylic acids is 1. The highest BCUT2D eigenvalue weighted by atomic mass is 16.1. The zero-order valence-electron chi connectivity index (χ0n) is 7.21. The van der Waals surface area contributed by atoms with Crippen molar-refractivity contribution in [2.24, 2.45) is 5.92 Å². The Morgan fingerprint density at radius 3 is 2.64 bits per heavy atom. The third-order valence-corrected chi connectivity index (χ3v) is 3.01. The summed E-state index contributed by atoms with van der Waals surface area (Å²) in [5.74, 6) is 0.898. The lowest BCUT2D eigenvalue weighted by Gasteiger charge is -2.29. The van der Waals surface area contributed by atoms with Gasteiger partial charge >= 0.3 is 0 Å². The molecule has 1 aliphatic carbocycles. The first-order chi connectivity index (χ1) is 5.18. The molecule has 0 aromatic rings. The predicted molar refractivity (Wildman–Crippen MR) is 43.4 cm³/mol. The van der Waals surface area contributed by atoms with Gasteiger partial charge in [0, 0.05) is 31.0 Å². The topological polar surface area (TPSA) is 20.3 Å². The Balaban J connectivity index is 2.08. The molecule has 2 aliphatic rings. The largest absolute Gasteiger partial charge is 0.299 e. The van der Waals surface area contributed by atoms with Gasteiger partial charge in [-0.2, -0.15) is 0 Å². The lowest BCUT2D eigenvalue weighted by molar-refractivity contribution is -0.122. The van der Waals surface area contributed by atoms with E-state index in [0.717, 1.165) is 19.4 Å². The molecule has 2 fully saturated rings. The number of Topliss-reactive ketones (excluding diaryl/α,β-unsaturated/α-hetero) is 1. The molecule has 0 radical (unpaired) electrons. The van der Waals surface area contributed by atoms with Crippen LogP contribution in [0.5, 0.6) is 0 Å². The monoisotopic (exact) mass is 153 g/mol. The Kier molecular flexibility index (Phi) is 1.53. The number of hydrogen-bond acceptors (Lipinski definition) is 2. The van der Waals surface area contributed by atoms with Crippen LogP contribution in [-0.2, 0) is 4.79 Å². The van der Waals surface area contributed by atoms with Crippen LogP contribution in [-0.4, -0.2) is 29.3 Å². The molecule has 1 aliphatic heterocycles. The van der Waals surface area contributed by atoms with Crippen LogP contribution in [0.1, 0.15) is 26.7 Å². The highest BCUT2D eigenvalue weighted by Gasteiger charge is 2.44. The van der Waals surface area contributed by atoms with Crippen molar-refractivity contribution < 1.29 is 4.79 Å². The maximum absolute atomic E-state index is 11.2. The van der Waals surface area contributed by atoms with Crippen LogP contribution < -0.4 is 0 Å². The summed E-state index contributed by atoms with van der Waals surface area (Å²) in [7, 11) is 0. The number of rotatable bonds is 1. The third kappa shape index (κ3) is 1.00. The SMILES string of the molecule is CC(C)N1C[C@H]2C[C@@H]1CC2=O. The zero-order valence-corrected chi connectivity index (χ0v) is 7.21. The van der Waals surface area contributed by atoms with Gasteiger partial charge in [-0.3, -0.25) is 9.69 Å². The standard InChI is InChI=1S/C9H15NO/c1-6(2)10-5-7-3-8(10)4-9(7)11/h6-8H,3-5H2,1-2H3/t7-,8-/m1/s1. The molecule has 62 valence electrons. The average molecular weight is 153 g/mol. The van der Waals surface area contributed by atoms with E-state index < -0.39 is 0 Å². The predicted octanol–water partition coefficient (Wildman–Crippen LogP) is 1.06. The van der Waals surface area contributed by atoms with E-state index in [4.69, 9.17) is 0 Å². The summed E-state index contributed by atoms with van der Waals surface area (Å²) in [4.78, 5) is 13.6. The van der Waals surface area contributed by atoms with Gasteiger partial charge < -0.3 is 0 Å². The summed E-state index contributed by atoms with van der Waals surface area (Å²) < 4.78 is 0. The molecule has 1 saturated heterocycles. The van der Waals surface area contributed by atoms with Crippen molar-refractivity contribution in [1.29, 1.82) is 0 Å². The van der Waals surface area contributed by atoms with Gasteiger partial charge in [-0.1, -0.05) is 0 Å². The van der Waals surface area contributed by atoms with E-state index in [1.807, 2.05) is 0 Å². The first kappa shape index (κ1) is 7.29. The van der Waals surface area contributed by atoms with E-state index >= 15 is 0 Å². The first-order valence-electron chi connectivity index (χ1n) is 4.47. The van der Waals surface area contributed by atoms with Crippen LogP contribution in [0.15, 0.2) is 0 Å². The molecule has 1 heterocycles. The van der Waals surface area contributed by atoms with Crippen LogP contribution >= 0.6 is 0 Å². The van der Waals surface area contributed by atoms with Crippen molar-refractivity contribution in [2.45, 2.75) is 38.8 Å². The second kappa shape index (κ2) is 2.31. The molecular formula is C9H15NO. The summed E-state index contributed by atoms with van der Waals surface area (Å²) in [6.07, 6.45) is 1.96. The Morgan fingerprint density at radius 2 is 2.27 bits per heavy atom. The van der Waals surface area contributed by atoms with E-state index in [0.29, 0.717) is 23.8 Å². The number of likely N-dealkylation sites (tertiary alicyclic amines) is 1. The van der Waals surface area contributed by atoms with Gasteiger partial charge in [-0.15, -0.1) is 0 Å². The number of nitrogens with zero attached hydrogens (tertiary/aromatic N) is 1. The van der Waals surface area contributed by atoms with Gasteiger partial charge in [-0.25, -0.2) is 0 Å². The van der Waals surface area contributed by atoms with Crippen molar-refractivity contribution in [1.82, 2.24) is 4.90 Å². The molecule has 0 spiro atoms. The van der Waals surface area contributed by atoms with E-state index in [9.17, 15) is 4.79 Å². The number of carbonyl (C=O) groups is 1. The number of fused-ring (bicyclic) bond motifs is 2. The second-order valence-electron chi connectivity index (χ2n) is 4.05. The van der Waals surface area contributed by atoms with Gasteiger partial charge in [0.25, 0.3) is 0 Å². The van der Waals surface area contributed by atoms with Crippen molar-refractivity contribution in [3.8, 4) is 0 Å². The molecule has 0 amide bonds. The Bertz CT molecular complexity index is 188. The molecule has 0 aromatic carbocycles. The van der Waals surface area contributed by atoms with Gasteiger partial charge in [0.05, 0.1) is 0 Å². The van der Waals surface area contributed by atoms with Gasteiger partial charge in [0.15, 0.2) is 0 Å². The van der Waals surface area contributed by atoms with Crippen molar-refractivity contribution >= 4 is 5.78 Å². The molecule has 0 unspecified atom stereocenters. The minimum atomic E-state index is 0.391. The number of hydrogen-bond donors (Lipinski definition) is 0. The minimum Gasteiger partial charge on any atom is -0.299 e. The maximum atomic E-state index is 11.2. The Hall–Kier alpha value is -0.370. The normalized spacial score (nSPS) is 37.5. The fourth-order valence-corrected chi connectivity index (χ4v) is 2.41. The first-order valence-corrected chi connectivity index (χ1v) is 4.47. The van der Waals surface area contributed by atoms with Crippen LogP contribution in [0.4, 0.5) is 0 Å².